The van der Waals surface area contributed by atoms with Gasteiger partial charge in [0.25, 0.3) is 0 Å². The van der Waals surface area contributed by atoms with E-state index in [4.69, 9.17) is 5.73 Å². The standard InChI is InChI=1S/C15H25N5O/c1-10(2)15-17-11(3)8-14(19-15)18-12-4-6-20(7-5-12)9-13(16)21/h8,10,12H,4-7,9H2,1-3H3,(H2,16,21)(H,17,18,19). The number of hydrogen-bond donors (Lipinski definition) is 2. The Morgan fingerprint density at radius 3 is 2.67 bits per heavy atom. The van der Waals surface area contributed by atoms with Gasteiger partial charge in [-0.15, -0.1) is 0 Å². The van der Waals surface area contributed by atoms with Crippen molar-refractivity contribution in [3.63, 3.8) is 0 Å². The number of hydrogen-bond acceptors (Lipinski definition) is 5. The molecule has 0 unspecified atom stereocenters. The fourth-order valence-electron chi connectivity index (χ4n) is 2.59. The van der Waals surface area contributed by atoms with E-state index in [1.54, 1.807) is 0 Å². The van der Waals surface area contributed by atoms with Gasteiger partial charge in [0.1, 0.15) is 11.6 Å². The molecule has 2 rings (SSSR count). The third kappa shape index (κ3) is 4.67. The quantitative estimate of drug-likeness (QED) is 0.853. The first-order chi connectivity index (χ1) is 9.94. The van der Waals surface area contributed by atoms with Gasteiger partial charge in [-0.05, 0) is 19.8 Å². The lowest BCUT2D eigenvalue weighted by Gasteiger charge is -2.31. The van der Waals surface area contributed by atoms with E-state index >= 15 is 0 Å². The number of piperidine rings is 1. The number of nitrogens with zero attached hydrogens (tertiary/aromatic N) is 3. The van der Waals surface area contributed by atoms with Crippen LogP contribution in [0.25, 0.3) is 0 Å². The monoisotopic (exact) mass is 291 g/mol. The van der Waals surface area contributed by atoms with Crippen molar-refractivity contribution < 1.29 is 4.79 Å². The highest BCUT2D eigenvalue weighted by Gasteiger charge is 2.20. The van der Waals surface area contributed by atoms with Gasteiger partial charge in [0.2, 0.25) is 5.91 Å². The van der Waals surface area contributed by atoms with Crippen LogP contribution < -0.4 is 11.1 Å². The molecule has 21 heavy (non-hydrogen) atoms. The van der Waals surface area contributed by atoms with Gasteiger partial charge in [0.15, 0.2) is 0 Å². The third-order valence-electron chi connectivity index (χ3n) is 3.71. The maximum atomic E-state index is 10.9. The van der Waals surface area contributed by atoms with Gasteiger partial charge in [-0.1, -0.05) is 13.8 Å². The summed E-state index contributed by atoms with van der Waals surface area (Å²) < 4.78 is 0. The maximum absolute atomic E-state index is 10.9. The zero-order valence-electron chi connectivity index (χ0n) is 13.1. The van der Waals surface area contributed by atoms with Crippen molar-refractivity contribution in [3.05, 3.63) is 17.6 Å². The van der Waals surface area contributed by atoms with Gasteiger partial charge < -0.3 is 11.1 Å². The van der Waals surface area contributed by atoms with Crippen molar-refractivity contribution in [2.45, 2.75) is 45.6 Å². The second kappa shape index (κ2) is 6.85. The first-order valence-corrected chi connectivity index (χ1v) is 7.57. The van der Waals surface area contributed by atoms with Crippen LogP contribution in [0.4, 0.5) is 5.82 Å². The largest absolute Gasteiger partial charge is 0.369 e. The fourth-order valence-corrected chi connectivity index (χ4v) is 2.59. The number of nitrogens with two attached hydrogens (primary N) is 1. The van der Waals surface area contributed by atoms with Gasteiger partial charge in [0.05, 0.1) is 6.54 Å². The summed E-state index contributed by atoms with van der Waals surface area (Å²) in [4.78, 5) is 22.1. The van der Waals surface area contributed by atoms with Crippen LogP contribution in [0, 0.1) is 6.92 Å². The highest BCUT2D eigenvalue weighted by molar-refractivity contribution is 5.75. The van der Waals surface area contributed by atoms with Crippen molar-refractivity contribution in [1.29, 1.82) is 0 Å². The molecule has 1 saturated heterocycles. The number of primary amides is 1. The Balaban J connectivity index is 1.93. The van der Waals surface area contributed by atoms with E-state index in [1.165, 1.54) is 0 Å². The maximum Gasteiger partial charge on any atom is 0.231 e. The molecule has 0 bridgehead atoms. The van der Waals surface area contributed by atoms with Crippen molar-refractivity contribution in [2.24, 2.45) is 5.73 Å². The van der Waals surface area contributed by atoms with Crippen molar-refractivity contribution in [1.82, 2.24) is 14.9 Å². The summed E-state index contributed by atoms with van der Waals surface area (Å²) in [5.41, 5.74) is 6.22. The van der Waals surface area contributed by atoms with Crippen molar-refractivity contribution in [3.8, 4) is 0 Å². The van der Waals surface area contributed by atoms with Crippen LogP contribution in [0.5, 0.6) is 0 Å². The van der Waals surface area contributed by atoms with Crippen LogP contribution in [-0.2, 0) is 4.79 Å². The lowest BCUT2D eigenvalue weighted by atomic mass is 10.0. The van der Waals surface area contributed by atoms with Crippen LogP contribution in [0.2, 0.25) is 0 Å². The number of aryl methyl sites for hydroxylation is 1. The Bertz CT molecular complexity index is 495. The van der Waals surface area contributed by atoms with Crippen molar-refractivity contribution >= 4 is 11.7 Å². The Kier molecular flexibility index (Phi) is 5.12. The molecule has 1 aromatic heterocycles. The zero-order chi connectivity index (χ0) is 15.4. The van der Waals surface area contributed by atoms with E-state index in [0.717, 1.165) is 43.3 Å². The number of aromatic nitrogens is 2. The molecule has 0 saturated carbocycles. The van der Waals surface area contributed by atoms with Gasteiger partial charge in [0, 0.05) is 36.8 Å². The van der Waals surface area contributed by atoms with Crippen LogP contribution in [0.3, 0.4) is 0 Å². The fraction of sp³-hybridized carbons (Fsp3) is 0.667. The summed E-state index contributed by atoms with van der Waals surface area (Å²) in [7, 11) is 0. The van der Waals surface area contributed by atoms with Crippen LogP contribution in [-0.4, -0.2) is 46.5 Å². The molecule has 116 valence electrons. The lowest BCUT2D eigenvalue weighted by Crippen LogP contribution is -2.43. The van der Waals surface area contributed by atoms with Crippen LogP contribution >= 0.6 is 0 Å². The molecule has 3 N–H and O–H groups in total. The first kappa shape index (κ1) is 15.7. The number of rotatable bonds is 5. The molecular weight excluding hydrogens is 266 g/mol. The SMILES string of the molecule is Cc1cc(NC2CCN(CC(N)=O)CC2)nc(C(C)C)n1. The third-order valence-corrected chi connectivity index (χ3v) is 3.71. The van der Waals surface area contributed by atoms with Crippen LogP contribution in [0.15, 0.2) is 6.07 Å². The second-order valence-corrected chi connectivity index (χ2v) is 6.07. The molecule has 1 aromatic rings. The van der Waals surface area contributed by atoms with E-state index < -0.39 is 0 Å². The number of nitrogens with one attached hydrogen (secondary N) is 1. The molecule has 1 aliphatic heterocycles. The Morgan fingerprint density at radius 2 is 2.10 bits per heavy atom. The number of carbonyl (C=O) groups excluding carboxylic acids is 1. The van der Waals surface area contributed by atoms with E-state index in [0.29, 0.717) is 18.5 Å². The summed E-state index contributed by atoms with van der Waals surface area (Å²) >= 11 is 0. The molecule has 1 amide bonds. The van der Waals surface area contributed by atoms with E-state index in [1.807, 2.05) is 13.0 Å². The lowest BCUT2D eigenvalue weighted by molar-refractivity contribution is -0.119. The van der Waals surface area contributed by atoms with E-state index in [2.05, 4.69) is 34.0 Å². The minimum absolute atomic E-state index is 0.255. The molecule has 2 heterocycles. The van der Waals surface area contributed by atoms with Gasteiger partial charge in [-0.3, -0.25) is 9.69 Å². The summed E-state index contributed by atoms with van der Waals surface area (Å²) in [6, 6.07) is 2.38. The number of likely N-dealkylation sites (tertiary alicyclic amines) is 1. The molecule has 0 aromatic carbocycles. The van der Waals surface area contributed by atoms with E-state index in [-0.39, 0.29) is 5.91 Å². The number of carbonyl (C=O) groups is 1. The Labute approximate surface area is 126 Å². The minimum atomic E-state index is -0.255. The highest BCUT2D eigenvalue weighted by atomic mass is 16.1. The number of amides is 1. The number of anilines is 1. The molecule has 0 atom stereocenters. The molecular formula is C15H25N5O. The molecule has 1 aliphatic rings. The summed E-state index contributed by atoms with van der Waals surface area (Å²) in [6.45, 7) is 8.33. The normalized spacial score (nSPS) is 17.1. The van der Waals surface area contributed by atoms with Gasteiger partial charge in [-0.2, -0.15) is 0 Å². The predicted octanol–water partition coefficient (Wildman–Crippen LogP) is 1.27. The van der Waals surface area contributed by atoms with Crippen LogP contribution in [0.1, 0.15) is 44.1 Å². The summed E-state index contributed by atoms with van der Waals surface area (Å²) in [5.74, 6) is 1.85. The molecule has 0 radical (unpaired) electrons. The average Bonchev–Trinajstić information content (AvgIpc) is 2.39. The smallest absolute Gasteiger partial charge is 0.231 e. The Morgan fingerprint density at radius 1 is 1.43 bits per heavy atom. The topological polar surface area (TPSA) is 84.1 Å². The average molecular weight is 291 g/mol. The minimum Gasteiger partial charge on any atom is -0.369 e. The summed E-state index contributed by atoms with van der Waals surface area (Å²) in [6.07, 6.45) is 1.99. The zero-order valence-corrected chi connectivity index (χ0v) is 13.1. The first-order valence-electron chi connectivity index (χ1n) is 7.57. The predicted molar refractivity (Wildman–Crippen MR) is 83.1 cm³/mol. The molecule has 0 spiro atoms. The molecule has 6 nitrogen and oxygen atoms in total. The van der Waals surface area contributed by atoms with Gasteiger partial charge >= 0.3 is 0 Å². The summed E-state index contributed by atoms with van der Waals surface area (Å²) in [5, 5.41) is 3.50. The van der Waals surface area contributed by atoms with E-state index in [9.17, 15) is 4.79 Å². The van der Waals surface area contributed by atoms with Crippen molar-refractivity contribution in [2.75, 3.05) is 25.0 Å². The van der Waals surface area contributed by atoms with Gasteiger partial charge in [-0.25, -0.2) is 9.97 Å². The molecule has 6 heteroatoms. The molecule has 0 aliphatic carbocycles. The Hall–Kier alpha value is -1.69. The second-order valence-electron chi connectivity index (χ2n) is 6.07. The molecule has 1 fully saturated rings. The highest BCUT2D eigenvalue weighted by Crippen LogP contribution is 2.18.